The fourth-order valence-corrected chi connectivity index (χ4v) is 5.40. The fraction of sp³-hybridized carbons (Fsp3) is 0.400. The van der Waals surface area contributed by atoms with E-state index in [9.17, 15) is 19.6 Å². The lowest BCUT2D eigenvalue weighted by atomic mass is 10.0. The van der Waals surface area contributed by atoms with E-state index in [4.69, 9.17) is 19.2 Å². The maximum Gasteiger partial charge on any atom is 0.335 e. The third kappa shape index (κ3) is 6.40. The third-order valence-electron chi connectivity index (χ3n) is 7.81. The number of imidazole rings is 1. The topological polar surface area (TPSA) is 149 Å². The van der Waals surface area contributed by atoms with Gasteiger partial charge in [-0.1, -0.05) is 0 Å². The molecular formula is C30H30FN7O5. The monoisotopic (exact) mass is 587 g/mol. The van der Waals surface area contributed by atoms with Crippen LogP contribution >= 0.6 is 0 Å². The highest BCUT2D eigenvalue weighted by Gasteiger charge is 2.29. The standard InChI is InChI=1S/C30H30FN7O5/c1-18-10-22(43-28-4-7-33-26(36-28)17-42-29-20(13-32)11-21(31)14-34-29)5-8-37(18)16-27-35-24-3-2-19(30(39)40)12-25(24)38(27)15-23-6-9-41-23/h2-4,7,11-12,14,18,22-23H,5-6,8-10,15-17H2,1H3,(H,39,40)/t18-,22-,23-/m0/s1. The Morgan fingerprint density at radius 2 is 2.09 bits per heavy atom. The summed E-state index contributed by atoms with van der Waals surface area (Å²) < 4.78 is 32.9. The summed E-state index contributed by atoms with van der Waals surface area (Å²) in [6.07, 6.45) is 5.13. The van der Waals surface area contributed by atoms with Crippen LogP contribution in [0.15, 0.2) is 42.7 Å². The largest absolute Gasteiger partial charge is 0.478 e. The quantitative estimate of drug-likeness (QED) is 0.289. The van der Waals surface area contributed by atoms with Crippen molar-refractivity contribution in [1.29, 1.82) is 5.26 Å². The minimum atomic E-state index is -0.965. The Balaban J connectivity index is 1.09. The molecule has 3 atom stereocenters. The summed E-state index contributed by atoms with van der Waals surface area (Å²) in [5.74, 6) is 0.0768. The molecular weight excluding hydrogens is 557 g/mol. The van der Waals surface area contributed by atoms with E-state index in [2.05, 4.69) is 31.3 Å². The van der Waals surface area contributed by atoms with Crippen molar-refractivity contribution in [3.63, 3.8) is 0 Å². The van der Waals surface area contributed by atoms with E-state index in [1.165, 1.54) is 0 Å². The molecule has 2 aliphatic heterocycles. The van der Waals surface area contributed by atoms with Gasteiger partial charge in [-0.2, -0.15) is 10.2 Å². The van der Waals surface area contributed by atoms with Gasteiger partial charge >= 0.3 is 5.97 Å². The van der Waals surface area contributed by atoms with E-state index < -0.39 is 11.8 Å². The molecule has 4 aromatic rings. The molecule has 2 aliphatic rings. The van der Waals surface area contributed by atoms with Crippen LogP contribution in [0.2, 0.25) is 0 Å². The van der Waals surface area contributed by atoms with Crippen LogP contribution in [0.25, 0.3) is 11.0 Å². The van der Waals surface area contributed by atoms with Crippen molar-refractivity contribution < 1.29 is 28.5 Å². The van der Waals surface area contributed by atoms with Crippen LogP contribution in [0.4, 0.5) is 4.39 Å². The Labute approximate surface area is 246 Å². The van der Waals surface area contributed by atoms with Gasteiger partial charge in [-0.25, -0.2) is 24.1 Å². The highest BCUT2D eigenvalue weighted by molar-refractivity contribution is 5.92. The number of nitrogens with zero attached hydrogens (tertiary/aromatic N) is 7. The molecule has 12 nitrogen and oxygen atoms in total. The zero-order chi connectivity index (χ0) is 29.9. The number of fused-ring (bicyclic) bond motifs is 1. The van der Waals surface area contributed by atoms with Gasteiger partial charge in [-0.05, 0) is 50.5 Å². The van der Waals surface area contributed by atoms with E-state index in [0.29, 0.717) is 24.8 Å². The first-order valence-corrected chi connectivity index (χ1v) is 14.1. The molecule has 0 aliphatic carbocycles. The van der Waals surface area contributed by atoms with Crippen LogP contribution < -0.4 is 9.47 Å². The van der Waals surface area contributed by atoms with Gasteiger partial charge in [-0.3, -0.25) is 4.90 Å². The van der Waals surface area contributed by atoms with E-state index in [-0.39, 0.29) is 41.9 Å². The van der Waals surface area contributed by atoms with Gasteiger partial charge in [-0.15, -0.1) is 0 Å². The van der Waals surface area contributed by atoms with Gasteiger partial charge < -0.3 is 23.9 Å². The molecule has 13 heteroatoms. The zero-order valence-electron chi connectivity index (χ0n) is 23.5. The predicted octanol–water partition coefficient (Wildman–Crippen LogP) is 3.73. The number of aromatic nitrogens is 5. The van der Waals surface area contributed by atoms with E-state index in [1.54, 1.807) is 30.5 Å². The number of nitriles is 1. The SMILES string of the molecule is C[C@H]1C[C@@H](Oc2ccnc(COc3ncc(F)cc3C#N)n2)CCN1Cc1nc2ccc(C(=O)O)cc2n1C[C@@H]1CCO1. The highest BCUT2D eigenvalue weighted by atomic mass is 19.1. The summed E-state index contributed by atoms with van der Waals surface area (Å²) in [5.41, 5.74) is 1.80. The molecule has 0 bridgehead atoms. The lowest BCUT2D eigenvalue weighted by molar-refractivity contribution is -0.0593. The number of benzene rings is 1. The predicted molar refractivity (Wildman–Crippen MR) is 150 cm³/mol. The van der Waals surface area contributed by atoms with Gasteiger partial charge in [0.2, 0.25) is 11.8 Å². The molecule has 1 N–H and O–H groups in total. The lowest BCUT2D eigenvalue weighted by Gasteiger charge is -2.37. The van der Waals surface area contributed by atoms with E-state index in [1.807, 2.05) is 6.07 Å². The number of likely N-dealkylation sites (tertiary alicyclic amines) is 1. The summed E-state index contributed by atoms with van der Waals surface area (Å²) in [5, 5.41) is 18.7. The zero-order valence-corrected chi connectivity index (χ0v) is 23.5. The van der Waals surface area contributed by atoms with Gasteiger partial charge in [0.1, 0.15) is 36.0 Å². The molecule has 2 saturated heterocycles. The Morgan fingerprint density at radius 3 is 2.84 bits per heavy atom. The Morgan fingerprint density at radius 1 is 1.23 bits per heavy atom. The molecule has 43 heavy (non-hydrogen) atoms. The second-order valence-corrected chi connectivity index (χ2v) is 10.7. The van der Waals surface area contributed by atoms with E-state index in [0.717, 1.165) is 61.5 Å². The van der Waals surface area contributed by atoms with Crippen molar-refractivity contribution in [3.8, 4) is 17.8 Å². The molecule has 0 saturated carbocycles. The highest BCUT2D eigenvalue weighted by Crippen LogP contribution is 2.27. The number of pyridine rings is 1. The summed E-state index contributed by atoms with van der Waals surface area (Å²) in [6, 6.07) is 9.85. The number of rotatable bonds is 10. The third-order valence-corrected chi connectivity index (χ3v) is 7.81. The molecule has 0 spiro atoms. The average Bonchev–Trinajstić information content (AvgIpc) is 3.31. The molecule has 3 aromatic heterocycles. The Kier molecular flexibility index (Phi) is 8.13. The maximum absolute atomic E-state index is 13.4. The molecule has 2 fully saturated rings. The second kappa shape index (κ2) is 12.3. The van der Waals surface area contributed by atoms with Crippen LogP contribution in [-0.4, -0.2) is 71.9 Å². The maximum atomic E-state index is 13.4. The van der Waals surface area contributed by atoms with Crippen LogP contribution in [0.5, 0.6) is 11.8 Å². The number of carboxylic acid groups (broad SMARTS) is 1. The van der Waals surface area contributed by atoms with Crippen molar-refractivity contribution in [3.05, 3.63) is 71.3 Å². The number of carboxylic acids is 1. The van der Waals surface area contributed by atoms with Crippen molar-refractivity contribution in [2.45, 2.75) is 64.1 Å². The molecule has 222 valence electrons. The molecule has 6 rings (SSSR count). The van der Waals surface area contributed by atoms with Crippen molar-refractivity contribution >= 4 is 17.0 Å². The molecule has 0 amide bonds. The minimum absolute atomic E-state index is 0.00916. The van der Waals surface area contributed by atoms with Gasteiger partial charge in [0.25, 0.3) is 0 Å². The first-order valence-electron chi connectivity index (χ1n) is 14.1. The first-order chi connectivity index (χ1) is 20.9. The van der Waals surface area contributed by atoms with Gasteiger partial charge in [0, 0.05) is 31.5 Å². The number of carbonyl (C=O) groups is 1. The van der Waals surface area contributed by atoms with Crippen LogP contribution in [0, 0.1) is 17.1 Å². The number of ether oxygens (including phenoxy) is 3. The second-order valence-electron chi connectivity index (χ2n) is 10.7. The van der Waals surface area contributed by atoms with Crippen molar-refractivity contribution in [2.75, 3.05) is 13.2 Å². The fourth-order valence-electron chi connectivity index (χ4n) is 5.40. The van der Waals surface area contributed by atoms with Crippen LogP contribution in [0.1, 0.15) is 53.8 Å². The summed E-state index contributed by atoms with van der Waals surface area (Å²) in [4.78, 5) is 31.3. The molecule has 0 radical (unpaired) electrons. The van der Waals surface area contributed by atoms with Gasteiger partial charge in [0.15, 0.2) is 5.82 Å². The number of hydrogen-bond donors (Lipinski definition) is 1. The van der Waals surface area contributed by atoms with Gasteiger partial charge in [0.05, 0.1) is 42.0 Å². The van der Waals surface area contributed by atoms with Crippen LogP contribution in [0.3, 0.4) is 0 Å². The molecule has 5 heterocycles. The Hall–Kier alpha value is -4.67. The number of aromatic carboxylic acids is 1. The van der Waals surface area contributed by atoms with Crippen LogP contribution in [-0.2, 0) is 24.4 Å². The summed E-state index contributed by atoms with van der Waals surface area (Å²) >= 11 is 0. The summed E-state index contributed by atoms with van der Waals surface area (Å²) in [6.45, 7) is 4.88. The number of halogens is 1. The van der Waals surface area contributed by atoms with Crippen molar-refractivity contribution in [2.24, 2.45) is 0 Å². The summed E-state index contributed by atoms with van der Waals surface area (Å²) in [7, 11) is 0. The molecule has 0 unspecified atom stereocenters. The molecule has 1 aromatic carbocycles. The Bertz CT molecular complexity index is 1690. The number of piperidine rings is 1. The number of hydrogen-bond acceptors (Lipinski definition) is 10. The van der Waals surface area contributed by atoms with Crippen molar-refractivity contribution in [1.82, 2.24) is 29.4 Å². The lowest BCUT2D eigenvalue weighted by Crippen LogP contribution is -2.44. The van der Waals surface area contributed by atoms with E-state index >= 15 is 0 Å². The average molecular weight is 588 g/mol. The smallest absolute Gasteiger partial charge is 0.335 e. The first kappa shape index (κ1) is 28.4. The minimum Gasteiger partial charge on any atom is -0.478 e. The normalized spacial score (nSPS) is 20.3.